The second-order valence-electron chi connectivity index (χ2n) is 6.81. The molecule has 0 N–H and O–H groups in total. The average molecular weight is 430 g/mol. The van der Waals surface area contributed by atoms with Gasteiger partial charge in [0.05, 0.1) is 15.6 Å². The molecule has 1 heterocycles. The van der Waals surface area contributed by atoms with Gasteiger partial charge < -0.3 is 9.80 Å². The molecular weight excluding hydrogens is 413 g/mol. The summed E-state index contributed by atoms with van der Waals surface area (Å²) in [7, 11) is 0. The van der Waals surface area contributed by atoms with Crippen LogP contribution in [0.15, 0.2) is 54.6 Å². The molecule has 0 spiro atoms. The number of non-ortho nitro benzene ring substituents is 1. The SMILES string of the molecule is O=C(c1cccc2c(Cl)cccc12)N1CCN(c2ccc([N+](=O)[O-])cc2Cl)CC1. The van der Waals surface area contributed by atoms with Crippen LogP contribution in [0.2, 0.25) is 10.0 Å². The highest BCUT2D eigenvalue weighted by molar-refractivity contribution is 6.36. The Hall–Kier alpha value is -2.83. The summed E-state index contributed by atoms with van der Waals surface area (Å²) in [6, 6.07) is 15.6. The summed E-state index contributed by atoms with van der Waals surface area (Å²) in [4.78, 5) is 27.4. The van der Waals surface area contributed by atoms with Crippen LogP contribution < -0.4 is 4.90 Å². The van der Waals surface area contributed by atoms with Crippen molar-refractivity contribution in [3.05, 3.63) is 80.3 Å². The fraction of sp³-hybridized carbons (Fsp3) is 0.190. The Bertz CT molecular complexity index is 1110. The van der Waals surface area contributed by atoms with E-state index in [1.165, 1.54) is 12.1 Å². The van der Waals surface area contributed by atoms with E-state index in [1.54, 1.807) is 6.07 Å². The molecule has 1 aliphatic heterocycles. The number of amides is 1. The number of hydrogen-bond donors (Lipinski definition) is 0. The Morgan fingerprint density at radius 1 is 0.897 bits per heavy atom. The van der Waals surface area contributed by atoms with Gasteiger partial charge in [-0.05, 0) is 23.6 Å². The number of piperazine rings is 1. The van der Waals surface area contributed by atoms with Crippen molar-refractivity contribution >= 4 is 51.3 Å². The van der Waals surface area contributed by atoms with E-state index in [0.29, 0.717) is 41.8 Å². The second-order valence-corrected chi connectivity index (χ2v) is 7.63. The quantitative estimate of drug-likeness (QED) is 0.433. The predicted octanol–water partition coefficient (Wildman–Crippen LogP) is 5.02. The minimum absolute atomic E-state index is 0.0349. The van der Waals surface area contributed by atoms with E-state index in [9.17, 15) is 14.9 Å². The predicted molar refractivity (Wildman–Crippen MR) is 115 cm³/mol. The van der Waals surface area contributed by atoms with Crippen molar-refractivity contribution in [1.29, 1.82) is 0 Å². The van der Waals surface area contributed by atoms with Gasteiger partial charge in [-0.25, -0.2) is 0 Å². The average Bonchev–Trinajstić information content (AvgIpc) is 2.73. The van der Waals surface area contributed by atoms with Gasteiger partial charge in [-0.15, -0.1) is 0 Å². The number of carbonyl (C=O) groups is 1. The van der Waals surface area contributed by atoms with Gasteiger partial charge in [0.2, 0.25) is 0 Å². The van der Waals surface area contributed by atoms with E-state index in [2.05, 4.69) is 0 Å². The molecule has 3 aromatic carbocycles. The molecule has 0 aromatic heterocycles. The molecule has 148 valence electrons. The number of rotatable bonds is 3. The van der Waals surface area contributed by atoms with Crippen LogP contribution in [-0.4, -0.2) is 41.9 Å². The van der Waals surface area contributed by atoms with Gasteiger partial charge in [0.1, 0.15) is 0 Å². The first-order valence-corrected chi connectivity index (χ1v) is 9.86. The summed E-state index contributed by atoms with van der Waals surface area (Å²) in [5.41, 5.74) is 1.33. The van der Waals surface area contributed by atoms with Gasteiger partial charge in [0.25, 0.3) is 11.6 Å². The van der Waals surface area contributed by atoms with Crippen molar-refractivity contribution in [2.75, 3.05) is 31.1 Å². The Morgan fingerprint density at radius 2 is 1.59 bits per heavy atom. The van der Waals surface area contributed by atoms with E-state index in [4.69, 9.17) is 23.2 Å². The summed E-state index contributed by atoms with van der Waals surface area (Å²) in [6.45, 7) is 2.25. The fourth-order valence-electron chi connectivity index (χ4n) is 3.64. The molecule has 4 rings (SSSR count). The molecule has 0 saturated carbocycles. The Kier molecular flexibility index (Phi) is 5.30. The Balaban J connectivity index is 1.51. The van der Waals surface area contributed by atoms with Gasteiger partial charge in [-0.1, -0.05) is 47.5 Å². The number of halogens is 2. The van der Waals surface area contributed by atoms with E-state index in [-0.39, 0.29) is 11.6 Å². The zero-order valence-electron chi connectivity index (χ0n) is 15.3. The summed E-state index contributed by atoms with van der Waals surface area (Å²) >= 11 is 12.5. The van der Waals surface area contributed by atoms with E-state index < -0.39 is 4.92 Å². The summed E-state index contributed by atoms with van der Waals surface area (Å²) in [6.07, 6.45) is 0. The van der Waals surface area contributed by atoms with Gasteiger partial charge in [0.15, 0.2) is 0 Å². The normalized spacial score (nSPS) is 14.3. The van der Waals surface area contributed by atoms with Gasteiger partial charge >= 0.3 is 0 Å². The number of nitro groups is 1. The van der Waals surface area contributed by atoms with Crippen LogP contribution in [0, 0.1) is 10.1 Å². The van der Waals surface area contributed by atoms with E-state index in [1.807, 2.05) is 46.2 Å². The standard InChI is InChI=1S/C21H17Cl2N3O3/c22-18-6-2-3-15-16(18)4-1-5-17(15)21(27)25-11-9-24(10-12-25)20-8-7-14(26(28)29)13-19(20)23/h1-8,13H,9-12H2. The number of anilines is 1. The molecule has 3 aromatic rings. The highest BCUT2D eigenvalue weighted by atomic mass is 35.5. The first kappa shape index (κ1) is 19.5. The molecule has 0 atom stereocenters. The molecule has 0 radical (unpaired) electrons. The fourth-order valence-corrected chi connectivity index (χ4v) is 4.18. The van der Waals surface area contributed by atoms with E-state index in [0.717, 1.165) is 16.5 Å². The molecule has 6 nitrogen and oxygen atoms in total. The molecule has 1 aliphatic rings. The second kappa shape index (κ2) is 7.89. The minimum atomic E-state index is -0.470. The van der Waals surface area contributed by atoms with Gasteiger partial charge in [-0.3, -0.25) is 14.9 Å². The van der Waals surface area contributed by atoms with Crippen LogP contribution in [0.4, 0.5) is 11.4 Å². The molecule has 1 amide bonds. The topological polar surface area (TPSA) is 66.7 Å². The molecule has 0 aliphatic carbocycles. The number of hydrogen-bond acceptors (Lipinski definition) is 4. The molecule has 0 unspecified atom stereocenters. The minimum Gasteiger partial charge on any atom is -0.367 e. The third-order valence-corrected chi connectivity index (χ3v) is 5.78. The summed E-state index contributed by atoms with van der Waals surface area (Å²) in [5, 5.41) is 13.5. The number of nitro benzene ring substituents is 1. The lowest BCUT2D eigenvalue weighted by Crippen LogP contribution is -2.48. The third kappa shape index (κ3) is 3.73. The highest BCUT2D eigenvalue weighted by Crippen LogP contribution is 2.31. The van der Waals surface area contributed by atoms with Gasteiger partial charge in [0, 0.05) is 54.3 Å². The van der Waals surface area contributed by atoms with Crippen molar-refractivity contribution in [1.82, 2.24) is 4.90 Å². The molecule has 1 fully saturated rings. The van der Waals surface area contributed by atoms with Crippen molar-refractivity contribution in [2.24, 2.45) is 0 Å². The molecule has 29 heavy (non-hydrogen) atoms. The molecule has 0 bridgehead atoms. The first-order valence-electron chi connectivity index (χ1n) is 9.11. The zero-order valence-corrected chi connectivity index (χ0v) is 16.9. The first-order chi connectivity index (χ1) is 14.0. The van der Waals surface area contributed by atoms with Gasteiger partial charge in [-0.2, -0.15) is 0 Å². The molecule has 1 saturated heterocycles. The maximum absolute atomic E-state index is 13.1. The van der Waals surface area contributed by atoms with E-state index >= 15 is 0 Å². The lowest BCUT2D eigenvalue weighted by atomic mass is 10.0. The molecule has 8 heteroatoms. The Morgan fingerprint density at radius 3 is 2.28 bits per heavy atom. The van der Waals surface area contributed by atoms with Crippen LogP contribution in [0.25, 0.3) is 10.8 Å². The van der Waals surface area contributed by atoms with Crippen molar-refractivity contribution in [3.8, 4) is 0 Å². The van der Waals surface area contributed by atoms with Crippen molar-refractivity contribution in [2.45, 2.75) is 0 Å². The van der Waals surface area contributed by atoms with Crippen LogP contribution in [0.1, 0.15) is 10.4 Å². The number of fused-ring (bicyclic) bond motifs is 1. The Labute approximate surface area is 177 Å². The maximum atomic E-state index is 13.1. The number of carbonyl (C=O) groups excluding carboxylic acids is 1. The lowest BCUT2D eigenvalue weighted by Gasteiger charge is -2.36. The highest BCUT2D eigenvalue weighted by Gasteiger charge is 2.25. The third-order valence-electron chi connectivity index (χ3n) is 5.15. The smallest absolute Gasteiger partial charge is 0.271 e. The lowest BCUT2D eigenvalue weighted by molar-refractivity contribution is -0.384. The summed E-state index contributed by atoms with van der Waals surface area (Å²) in [5.74, 6) is -0.0349. The van der Waals surface area contributed by atoms with Crippen LogP contribution in [-0.2, 0) is 0 Å². The van der Waals surface area contributed by atoms with Crippen LogP contribution in [0.5, 0.6) is 0 Å². The number of nitrogens with zero attached hydrogens (tertiary/aromatic N) is 3. The van der Waals surface area contributed by atoms with Crippen molar-refractivity contribution in [3.63, 3.8) is 0 Å². The van der Waals surface area contributed by atoms with Crippen LogP contribution >= 0.6 is 23.2 Å². The largest absolute Gasteiger partial charge is 0.367 e. The zero-order chi connectivity index (χ0) is 20.5. The van der Waals surface area contributed by atoms with Crippen LogP contribution in [0.3, 0.4) is 0 Å². The maximum Gasteiger partial charge on any atom is 0.271 e. The van der Waals surface area contributed by atoms with Crippen molar-refractivity contribution < 1.29 is 9.72 Å². The summed E-state index contributed by atoms with van der Waals surface area (Å²) < 4.78 is 0. The molecular formula is C21H17Cl2N3O3. The number of benzene rings is 3. The monoisotopic (exact) mass is 429 g/mol.